The number of nitrogens with zero attached hydrogens (tertiary/aromatic N) is 2. The highest BCUT2D eigenvalue weighted by atomic mass is 79.9. The molecule has 110 valence electrons. The zero-order valence-electron chi connectivity index (χ0n) is 11.6. The van der Waals surface area contributed by atoms with Gasteiger partial charge in [-0.05, 0) is 51.8 Å². The van der Waals surface area contributed by atoms with Gasteiger partial charge in [-0.2, -0.15) is 0 Å². The number of halogens is 1. The van der Waals surface area contributed by atoms with E-state index in [1.807, 2.05) is 6.07 Å². The van der Waals surface area contributed by atoms with Crippen molar-refractivity contribution in [3.05, 3.63) is 64.0 Å². The Bertz CT molecular complexity index is 785. The van der Waals surface area contributed by atoms with Gasteiger partial charge in [0.2, 0.25) is 5.90 Å². The molecule has 3 rings (SSSR count). The average Bonchev–Trinajstić information content (AvgIpc) is 2.89. The highest BCUT2D eigenvalue weighted by Gasteiger charge is 2.24. The Morgan fingerprint density at radius 2 is 2.18 bits per heavy atom. The van der Waals surface area contributed by atoms with Crippen molar-refractivity contribution in [2.45, 2.75) is 0 Å². The Morgan fingerprint density at radius 1 is 1.32 bits per heavy atom. The maximum Gasteiger partial charge on any atom is 0.363 e. The van der Waals surface area contributed by atoms with E-state index in [2.05, 4.69) is 25.9 Å². The molecule has 0 aliphatic carbocycles. The van der Waals surface area contributed by atoms with Gasteiger partial charge in [-0.15, -0.1) is 0 Å². The first-order valence-electron chi connectivity index (χ1n) is 6.44. The van der Waals surface area contributed by atoms with Crippen LogP contribution in [0.25, 0.3) is 6.08 Å². The highest BCUT2D eigenvalue weighted by Crippen LogP contribution is 2.27. The standard InChI is InChI=1S/C16H11BrN2O3/c1-21-14-5-4-11(8-12(14)17)15-19-13(16(20)22-15)7-10-3-2-6-18-9-10/h2-9H,1H3/b13-7+. The van der Waals surface area contributed by atoms with Crippen LogP contribution in [0.15, 0.2) is 57.9 Å². The summed E-state index contributed by atoms with van der Waals surface area (Å²) in [6, 6.07) is 8.97. The Hall–Kier alpha value is -2.47. The lowest BCUT2D eigenvalue weighted by atomic mass is 10.2. The fraction of sp³-hybridized carbons (Fsp3) is 0.0625. The minimum absolute atomic E-state index is 0.245. The van der Waals surface area contributed by atoms with E-state index in [-0.39, 0.29) is 11.6 Å². The molecule has 1 aliphatic heterocycles. The van der Waals surface area contributed by atoms with E-state index in [1.165, 1.54) is 0 Å². The molecule has 0 atom stereocenters. The lowest BCUT2D eigenvalue weighted by Crippen LogP contribution is -2.05. The summed E-state index contributed by atoms with van der Waals surface area (Å²) in [5, 5.41) is 0. The quantitative estimate of drug-likeness (QED) is 0.624. The van der Waals surface area contributed by atoms with Gasteiger partial charge in [0.15, 0.2) is 5.70 Å². The van der Waals surface area contributed by atoms with Crippen molar-refractivity contribution >= 4 is 33.9 Å². The van der Waals surface area contributed by atoms with Crippen molar-refractivity contribution in [2.75, 3.05) is 7.11 Å². The SMILES string of the molecule is COc1ccc(C2=N/C(=C/c3cccnc3)C(=O)O2)cc1Br. The highest BCUT2D eigenvalue weighted by molar-refractivity contribution is 9.10. The van der Waals surface area contributed by atoms with Crippen LogP contribution in [0.3, 0.4) is 0 Å². The molecule has 0 saturated heterocycles. The van der Waals surface area contributed by atoms with Crippen molar-refractivity contribution in [1.29, 1.82) is 0 Å². The van der Waals surface area contributed by atoms with Gasteiger partial charge >= 0.3 is 5.97 Å². The molecule has 0 unspecified atom stereocenters. The van der Waals surface area contributed by atoms with E-state index in [1.54, 1.807) is 49.8 Å². The van der Waals surface area contributed by atoms with Crippen LogP contribution in [-0.4, -0.2) is 24.0 Å². The number of benzene rings is 1. The summed E-state index contributed by atoms with van der Waals surface area (Å²) in [6.45, 7) is 0. The number of methoxy groups -OCH3 is 1. The topological polar surface area (TPSA) is 60.8 Å². The van der Waals surface area contributed by atoms with Crippen molar-refractivity contribution in [1.82, 2.24) is 4.98 Å². The minimum Gasteiger partial charge on any atom is -0.496 e. The maximum atomic E-state index is 11.9. The fourth-order valence-corrected chi connectivity index (χ4v) is 2.49. The van der Waals surface area contributed by atoms with Gasteiger partial charge in [0, 0.05) is 18.0 Å². The van der Waals surface area contributed by atoms with Crippen molar-refractivity contribution in [2.24, 2.45) is 4.99 Å². The number of carbonyl (C=O) groups excluding carboxylic acids is 1. The third-order valence-corrected chi connectivity index (χ3v) is 3.63. The van der Waals surface area contributed by atoms with Crippen LogP contribution in [0.2, 0.25) is 0 Å². The maximum absolute atomic E-state index is 11.9. The molecule has 2 heterocycles. The summed E-state index contributed by atoms with van der Waals surface area (Å²) in [6.07, 6.45) is 4.96. The van der Waals surface area contributed by atoms with Gasteiger partial charge in [-0.25, -0.2) is 9.79 Å². The second-order valence-electron chi connectivity index (χ2n) is 4.47. The smallest absolute Gasteiger partial charge is 0.363 e. The lowest BCUT2D eigenvalue weighted by Gasteiger charge is -2.05. The van der Waals surface area contributed by atoms with Gasteiger partial charge in [-0.3, -0.25) is 4.98 Å². The van der Waals surface area contributed by atoms with Gasteiger partial charge in [0.25, 0.3) is 0 Å². The summed E-state index contributed by atoms with van der Waals surface area (Å²) >= 11 is 3.40. The van der Waals surface area contributed by atoms with Crippen molar-refractivity contribution in [3.63, 3.8) is 0 Å². The molecule has 1 aromatic carbocycles. The molecular weight excluding hydrogens is 348 g/mol. The largest absolute Gasteiger partial charge is 0.496 e. The number of hydrogen-bond acceptors (Lipinski definition) is 5. The predicted octanol–water partition coefficient (Wildman–Crippen LogP) is 3.20. The van der Waals surface area contributed by atoms with Crippen LogP contribution in [-0.2, 0) is 9.53 Å². The predicted molar refractivity (Wildman–Crippen MR) is 85.5 cm³/mol. The number of aromatic nitrogens is 1. The van der Waals surface area contributed by atoms with E-state index in [0.29, 0.717) is 11.3 Å². The molecule has 0 amide bonds. The Kier molecular flexibility index (Phi) is 4.02. The van der Waals surface area contributed by atoms with Crippen LogP contribution in [0.4, 0.5) is 0 Å². The second kappa shape index (κ2) is 6.11. The van der Waals surface area contributed by atoms with E-state index in [0.717, 1.165) is 10.0 Å². The van der Waals surface area contributed by atoms with Gasteiger partial charge in [-0.1, -0.05) is 6.07 Å². The minimum atomic E-state index is -0.481. The molecule has 5 nitrogen and oxygen atoms in total. The Balaban J connectivity index is 1.93. The monoisotopic (exact) mass is 358 g/mol. The average molecular weight is 359 g/mol. The molecule has 0 bridgehead atoms. The van der Waals surface area contributed by atoms with E-state index < -0.39 is 5.97 Å². The third kappa shape index (κ3) is 2.92. The van der Waals surface area contributed by atoms with E-state index >= 15 is 0 Å². The fourth-order valence-electron chi connectivity index (χ4n) is 1.95. The second-order valence-corrected chi connectivity index (χ2v) is 5.33. The number of hydrogen-bond donors (Lipinski definition) is 0. The molecule has 0 spiro atoms. The van der Waals surface area contributed by atoms with Crippen LogP contribution in [0.1, 0.15) is 11.1 Å². The molecule has 0 fully saturated rings. The number of pyridine rings is 1. The summed E-state index contributed by atoms with van der Waals surface area (Å²) in [5.41, 5.74) is 1.72. The first-order chi connectivity index (χ1) is 10.7. The first-order valence-corrected chi connectivity index (χ1v) is 7.23. The molecule has 2 aromatic rings. The van der Waals surface area contributed by atoms with Crippen LogP contribution < -0.4 is 4.74 Å². The molecule has 1 aromatic heterocycles. The van der Waals surface area contributed by atoms with Crippen LogP contribution >= 0.6 is 15.9 Å². The number of aliphatic imine (C=N–C) groups is 1. The van der Waals surface area contributed by atoms with Gasteiger partial charge < -0.3 is 9.47 Å². The molecule has 0 N–H and O–H groups in total. The molecule has 6 heteroatoms. The number of cyclic esters (lactones) is 1. The van der Waals surface area contributed by atoms with Crippen LogP contribution in [0, 0.1) is 0 Å². The number of rotatable bonds is 3. The summed E-state index contributed by atoms with van der Waals surface area (Å²) < 4.78 is 11.2. The van der Waals surface area contributed by atoms with E-state index in [4.69, 9.17) is 9.47 Å². The van der Waals surface area contributed by atoms with Crippen molar-refractivity contribution < 1.29 is 14.3 Å². The third-order valence-electron chi connectivity index (χ3n) is 3.01. The number of esters is 1. The number of carbonyl (C=O) groups is 1. The summed E-state index contributed by atoms with van der Waals surface area (Å²) in [5.74, 6) is 0.481. The molecular formula is C16H11BrN2O3. The molecule has 22 heavy (non-hydrogen) atoms. The van der Waals surface area contributed by atoms with Gasteiger partial charge in [0.05, 0.1) is 11.6 Å². The summed E-state index contributed by atoms with van der Waals surface area (Å²) in [7, 11) is 1.58. The first kappa shape index (κ1) is 14.5. The van der Waals surface area contributed by atoms with Crippen molar-refractivity contribution in [3.8, 4) is 5.75 Å². The Labute approximate surface area is 135 Å². The normalized spacial score (nSPS) is 15.6. The van der Waals surface area contributed by atoms with Gasteiger partial charge in [0.1, 0.15) is 5.75 Å². The molecule has 1 aliphatic rings. The number of ether oxygens (including phenoxy) is 2. The molecule has 0 radical (unpaired) electrons. The Morgan fingerprint density at radius 3 is 2.86 bits per heavy atom. The van der Waals surface area contributed by atoms with E-state index in [9.17, 15) is 4.79 Å². The zero-order chi connectivity index (χ0) is 15.5. The summed E-state index contributed by atoms with van der Waals surface area (Å²) in [4.78, 5) is 20.2. The van der Waals surface area contributed by atoms with Crippen LogP contribution in [0.5, 0.6) is 5.75 Å². The lowest BCUT2D eigenvalue weighted by molar-refractivity contribution is -0.129. The molecule has 0 saturated carbocycles. The zero-order valence-corrected chi connectivity index (χ0v) is 13.2.